The van der Waals surface area contributed by atoms with E-state index >= 15 is 0 Å². The van der Waals surface area contributed by atoms with Gasteiger partial charge in [-0.3, -0.25) is 4.99 Å². The van der Waals surface area contributed by atoms with Crippen molar-refractivity contribution in [3.05, 3.63) is 188 Å². The Bertz CT molecular complexity index is 2150. The molecular weight excluding hydrogens is 611 g/mol. The van der Waals surface area contributed by atoms with Gasteiger partial charge in [0.15, 0.2) is 0 Å². The molecule has 2 atom stereocenters. The van der Waals surface area contributed by atoms with Crippen LogP contribution >= 0.6 is 0 Å². The number of aliphatic imine (C=N–C) groups is 1. The van der Waals surface area contributed by atoms with Crippen LogP contribution in [0.5, 0.6) is 0 Å². The molecule has 6 aromatic carbocycles. The number of benzene rings is 6. The zero-order valence-electron chi connectivity index (χ0n) is 28.3. The number of hydrogen-bond donors (Lipinski definition) is 3. The number of hydrogen-bond acceptors (Lipinski definition) is 5. The molecule has 1 aliphatic heterocycles. The molecule has 2 unspecified atom stereocenters. The van der Waals surface area contributed by atoms with Crippen LogP contribution in [0.2, 0.25) is 0 Å². The van der Waals surface area contributed by atoms with Gasteiger partial charge in [-0.15, -0.1) is 0 Å². The highest BCUT2D eigenvalue weighted by Gasteiger charge is 2.28. The van der Waals surface area contributed by atoms with Gasteiger partial charge in [-0.25, -0.2) is 0 Å². The number of rotatable bonds is 11. The van der Waals surface area contributed by atoms with Gasteiger partial charge in [0.05, 0.1) is 17.1 Å². The SMILES string of the molecule is C=C/C(=N\C(NC(=C)c1ccccc1)c1ccccc1-c1ccc(N)c(-c2ccc(N3c4ccccc4NC3CC)cc2)c1)c1ccccc1. The molecule has 6 aromatic rings. The Hall–Kier alpha value is -6.33. The minimum atomic E-state index is -0.448. The van der Waals surface area contributed by atoms with Gasteiger partial charge in [-0.2, -0.15) is 0 Å². The van der Waals surface area contributed by atoms with E-state index in [9.17, 15) is 0 Å². The van der Waals surface area contributed by atoms with Crippen LogP contribution in [0.1, 0.15) is 36.2 Å². The van der Waals surface area contributed by atoms with Crippen molar-refractivity contribution in [2.45, 2.75) is 25.7 Å². The molecule has 0 bridgehead atoms. The number of para-hydroxylation sites is 2. The van der Waals surface area contributed by atoms with Crippen LogP contribution in [0.4, 0.5) is 22.7 Å². The van der Waals surface area contributed by atoms with E-state index in [2.05, 4.69) is 133 Å². The van der Waals surface area contributed by atoms with E-state index in [1.165, 1.54) is 5.69 Å². The topological polar surface area (TPSA) is 65.7 Å². The maximum absolute atomic E-state index is 6.67. The maximum Gasteiger partial charge on any atom is 0.146 e. The Balaban J connectivity index is 1.26. The van der Waals surface area contributed by atoms with Crippen LogP contribution in [0.3, 0.4) is 0 Å². The van der Waals surface area contributed by atoms with E-state index in [0.29, 0.717) is 0 Å². The van der Waals surface area contributed by atoms with Crippen molar-refractivity contribution < 1.29 is 0 Å². The highest BCUT2D eigenvalue weighted by molar-refractivity contribution is 6.08. The van der Waals surface area contributed by atoms with Crippen molar-refractivity contribution in [3.8, 4) is 22.3 Å². The molecule has 5 nitrogen and oxygen atoms in total. The lowest BCUT2D eigenvalue weighted by Gasteiger charge is -2.26. The summed E-state index contributed by atoms with van der Waals surface area (Å²) in [5.41, 5.74) is 19.6. The third-order valence-corrected chi connectivity index (χ3v) is 9.22. The lowest BCUT2D eigenvalue weighted by atomic mass is 9.93. The van der Waals surface area contributed by atoms with Crippen LogP contribution in [-0.2, 0) is 0 Å². The van der Waals surface area contributed by atoms with E-state index in [0.717, 1.165) is 73.8 Å². The fourth-order valence-corrected chi connectivity index (χ4v) is 6.66. The number of nitrogens with one attached hydrogen (secondary N) is 2. The summed E-state index contributed by atoms with van der Waals surface area (Å²) in [4.78, 5) is 7.63. The normalized spacial score (nSPS) is 14.4. The Labute approximate surface area is 295 Å². The summed E-state index contributed by atoms with van der Waals surface area (Å²) >= 11 is 0. The van der Waals surface area contributed by atoms with E-state index in [-0.39, 0.29) is 6.17 Å². The molecule has 246 valence electrons. The zero-order valence-corrected chi connectivity index (χ0v) is 28.3. The quantitative estimate of drug-likeness (QED) is 0.0963. The molecule has 7 rings (SSSR count). The predicted molar refractivity (Wildman–Crippen MR) is 213 cm³/mol. The minimum Gasteiger partial charge on any atom is -0.398 e. The monoisotopic (exact) mass is 651 g/mol. The molecule has 0 saturated heterocycles. The van der Waals surface area contributed by atoms with Crippen molar-refractivity contribution in [3.63, 3.8) is 0 Å². The molecule has 5 heteroatoms. The smallest absolute Gasteiger partial charge is 0.146 e. The second-order valence-electron chi connectivity index (χ2n) is 12.4. The average molecular weight is 652 g/mol. The second kappa shape index (κ2) is 14.4. The first-order valence-corrected chi connectivity index (χ1v) is 17.0. The summed E-state index contributed by atoms with van der Waals surface area (Å²) in [6.07, 6.45) is 2.54. The Morgan fingerprint density at radius 1 is 0.780 bits per heavy atom. The van der Waals surface area contributed by atoms with Gasteiger partial charge in [0.25, 0.3) is 0 Å². The summed E-state index contributed by atoms with van der Waals surface area (Å²) in [6.45, 7) is 10.7. The molecule has 1 aliphatic rings. The van der Waals surface area contributed by atoms with Gasteiger partial charge in [0.1, 0.15) is 12.3 Å². The van der Waals surface area contributed by atoms with E-state index in [1.54, 1.807) is 0 Å². The van der Waals surface area contributed by atoms with Crippen molar-refractivity contribution in [2.75, 3.05) is 16.0 Å². The van der Waals surface area contributed by atoms with Crippen molar-refractivity contribution in [2.24, 2.45) is 4.99 Å². The summed E-state index contributed by atoms with van der Waals surface area (Å²) in [5.74, 6) is 0. The summed E-state index contributed by atoms with van der Waals surface area (Å²) in [5, 5.41) is 7.29. The minimum absolute atomic E-state index is 0.203. The van der Waals surface area contributed by atoms with Gasteiger partial charge in [0, 0.05) is 28.2 Å². The van der Waals surface area contributed by atoms with Gasteiger partial charge < -0.3 is 21.3 Å². The second-order valence-corrected chi connectivity index (χ2v) is 12.4. The first kappa shape index (κ1) is 32.2. The van der Waals surface area contributed by atoms with Crippen LogP contribution in [0.15, 0.2) is 176 Å². The molecule has 0 spiro atoms. The molecular formula is C45H41N5. The van der Waals surface area contributed by atoms with E-state index < -0.39 is 6.17 Å². The molecule has 4 N–H and O–H groups in total. The van der Waals surface area contributed by atoms with E-state index in [4.69, 9.17) is 10.7 Å². The lowest BCUT2D eigenvalue weighted by Crippen LogP contribution is -2.30. The fourth-order valence-electron chi connectivity index (χ4n) is 6.66. The van der Waals surface area contributed by atoms with Crippen molar-refractivity contribution >= 4 is 34.2 Å². The van der Waals surface area contributed by atoms with Crippen molar-refractivity contribution in [1.29, 1.82) is 0 Å². The van der Waals surface area contributed by atoms with Crippen LogP contribution in [0.25, 0.3) is 28.0 Å². The third kappa shape index (κ3) is 6.54. The lowest BCUT2D eigenvalue weighted by molar-refractivity contribution is 0.673. The first-order chi connectivity index (χ1) is 24.5. The van der Waals surface area contributed by atoms with Gasteiger partial charge in [-0.1, -0.05) is 135 Å². The molecule has 0 fully saturated rings. The largest absolute Gasteiger partial charge is 0.398 e. The predicted octanol–water partition coefficient (Wildman–Crippen LogP) is 10.8. The standard InChI is InChI=1S/C45H41N5/c1-4-41(34-18-10-7-11-19-34)49-45(47-31(3)32-16-8-6-9-17-32)38-21-13-12-20-37(38)35-26-29-40(46)39(30-35)33-24-27-36(28-25-33)50-43-23-15-14-22-42(43)48-44(50)5-2/h4,6-30,44-45,47-48H,1,3,5,46H2,2H3/b49-41+. The number of anilines is 4. The van der Waals surface area contributed by atoms with Crippen molar-refractivity contribution in [1.82, 2.24) is 5.32 Å². The Morgan fingerprint density at radius 3 is 2.14 bits per heavy atom. The Morgan fingerprint density at radius 2 is 1.42 bits per heavy atom. The molecule has 1 heterocycles. The molecule has 0 saturated carbocycles. The highest BCUT2D eigenvalue weighted by Crippen LogP contribution is 2.42. The average Bonchev–Trinajstić information content (AvgIpc) is 3.56. The number of nitrogens with two attached hydrogens (primary N) is 1. The van der Waals surface area contributed by atoms with Crippen LogP contribution in [0, 0.1) is 0 Å². The zero-order chi connectivity index (χ0) is 34.5. The number of allylic oxidation sites excluding steroid dienone is 1. The van der Waals surface area contributed by atoms with Gasteiger partial charge >= 0.3 is 0 Å². The summed E-state index contributed by atoms with van der Waals surface area (Å²) in [7, 11) is 0. The fraction of sp³-hybridized carbons (Fsp3) is 0.0889. The van der Waals surface area contributed by atoms with Gasteiger partial charge in [0.2, 0.25) is 0 Å². The molecule has 0 aromatic heterocycles. The number of fused-ring (bicyclic) bond motifs is 1. The summed E-state index contributed by atoms with van der Waals surface area (Å²) < 4.78 is 0. The maximum atomic E-state index is 6.67. The van der Waals surface area contributed by atoms with Gasteiger partial charge in [-0.05, 0) is 76.7 Å². The molecule has 0 aliphatic carbocycles. The molecule has 0 radical (unpaired) electrons. The molecule has 0 amide bonds. The first-order valence-electron chi connectivity index (χ1n) is 17.0. The summed E-state index contributed by atoms with van der Waals surface area (Å²) in [6, 6.07) is 52.1. The number of nitrogen functional groups attached to an aromatic ring is 1. The highest BCUT2D eigenvalue weighted by atomic mass is 15.3. The van der Waals surface area contributed by atoms with E-state index in [1.807, 2.05) is 60.7 Å². The third-order valence-electron chi connectivity index (χ3n) is 9.22. The van der Waals surface area contributed by atoms with Crippen LogP contribution < -0.4 is 21.3 Å². The Kier molecular flexibility index (Phi) is 9.30. The molecule has 50 heavy (non-hydrogen) atoms. The number of nitrogens with zero attached hydrogens (tertiary/aromatic N) is 2. The van der Waals surface area contributed by atoms with Crippen LogP contribution in [-0.4, -0.2) is 11.9 Å².